The van der Waals surface area contributed by atoms with Crippen LogP contribution in [0.15, 0.2) is 47.4 Å². The van der Waals surface area contributed by atoms with Crippen molar-refractivity contribution in [3.63, 3.8) is 0 Å². The van der Waals surface area contributed by atoms with Crippen molar-refractivity contribution in [1.29, 1.82) is 0 Å². The van der Waals surface area contributed by atoms with Crippen LogP contribution in [0.5, 0.6) is 11.8 Å². The number of aryl methyl sites for hydroxylation is 1. The van der Waals surface area contributed by atoms with Gasteiger partial charge in [-0.05, 0) is 57.6 Å². The van der Waals surface area contributed by atoms with E-state index in [0.717, 1.165) is 37.4 Å². The molecule has 9 nitrogen and oxygen atoms in total. The topological polar surface area (TPSA) is 92.6 Å². The maximum absolute atomic E-state index is 12.9. The van der Waals surface area contributed by atoms with Gasteiger partial charge in [0.1, 0.15) is 5.75 Å². The number of benzene rings is 2. The van der Waals surface area contributed by atoms with Crippen LogP contribution in [-0.4, -0.2) is 61.3 Å². The van der Waals surface area contributed by atoms with Gasteiger partial charge in [0, 0.05) is 49.5 Å². The molecule has 4 rings (SSSR count). The number of halogens is 1. The summed E-state index contributed by atoms with van der Waals surface area (Å²) in [6.07, 6.45) is 0. The summed E-state index contributed by atoms with van der Waals surface area (Å²) in [7, 11) is -1.68. The molecule has 1 saturated heterocycles. The number of hydrogen-bond acceptors (Lipinski definition) is 7. The average molecular weight is 519 g/mol. The predicted molar refractivity (Wildman–Crippen MR) is 137 cm³/mol. The highest BCUT2D eigenvalue weighted by Gasteiger charge is 2.25. The summed E-state index contributed by atoms with van der Waals surface area (Å²) >= 11 is 6.13. The van der Waals surface area contributed by atoms with Crippen LogP contribution in [0.1, 0.15) is 31.3 Å². The Morgan fingerprint density at radius 2 is 1.86 bits per heavy atom. The molecular weight excluding hydrogens is 488 g/mol. The zero-order valence-electron chi connectivity index (χ0n) is 20.4. The third-order valence-electron chi connectivity index (χ3n) is 6.13. The molecule has 0 spiro atoms. The Balaban J connectivity index is 1.51. The minimum absolute atomic E-state index is 0.0970. The van der Waals surface area contributed by atoms with Crippen LogP contribution in [0.2, 0.25) is 5.02 Å². The molecule has 1 aliphatic heterocycles. The van der Waals surface area contributed by atoms with E-state index in [-0.39, 0.29) is 4.90 Å². The second-order valence-corrected chi connectivity index (χ2v) is 10.8. The first-order chi connectivity index (χ1) is 16.7. The van der Waals surface area contributed by atoms with Crippen LogP contribution >= 0.6 is 11.6 Å². The maximum atomic E-state index is 12.9. The highest BCUT2D eigenvalue weighted by molar-refractivity contribution is 7.89. The molecule has 35 heavy (non-hydrogen) atoms. The van der Waals surface area contributed by atoms with Gasteiger partial charge in [-0.1, -0.05) is 28.8 Å². The smallest absolute Gasteiger partial charge is 0.322 e. The van der Waals surface area contributed by atoms with E-state index in [1.54, 1.807) is 17.6 Å². The molecule has 1 N–H and O–H groups in total. The van der Waals surface area contributed by atoms with E-state index in [2.05, 4.69) is 37.8 Å². The quantitative estimate of drug-likeness (QED) is 0.484. The van der Waals surface area contributed by atoms with E-state index in [1.807, 2.05) is 32.0 Å². The Bertz CT molecular complexity index is 1290. The molecule has 0 aliphatic carbocycles. The van der Waals surface area contributed by atoms with Gasteiger partial charge in [-0.15, -0.1) is 5.10 Å². The number of likely N-dealkylation sites (N-methyl/N-ethyl adjacent to an activating group) is 1. The van der Waals surface area contributed by atoms with E-state index < -0.39 is 16.1 Å². The zero-order valence-corrected chi connectivity index (χ0v) is 22.0. The Hall–Kier alpha value is -2.66. The number of piperazine rings is 1. The van der Waals surface area contributed by atoms with Crippen molar-refractivity contribution in [2.24, 2.45) is 0 Å². The Morgan fingerprint density at radius 3 is 2.54 bits per heavy atom. The number of ether oxygens (including phenoxy) is 1. The fourth-order valence-electron chi connectivity index (χ4n) is 4.00. The Kier molecular flexibility index (Phi) is 7.65. The van der Waals surface area contributed by atoms with E-state index in [4.69, 9.17) is 16.3 Å². The number of anilines is 1. The number of hydrogen-bond donors (Lipinski definition) is 1. The van der Waals surface area contributed by atoms with Crippen LogP contribution in [0.3, 0.4) is 0 Å². The molecule has 0 bridgehead atoms. The lowest BCUT2D eigenvalue weighted by atomic mass is 10.2. The van der Waals surface area contributed by atoms with Crippen LogP contribution in [0.25, 0.3) is 0 Å². The van der Waals surface area contributed by atoms with Gasteiger partial charge in [-0.25, -0.2) is 13.1 Å². The van der Waals surface area contributed by atoms with Crippen LogP contribution in [0.4, 0.5) is 5.69 Å². The molecule has 1 aromatic heterocycles. The monoisotopic (exact) mass is 518 g/mol. The summed E-state index contributed by atoms with van der Waals surface area (Å²) in [5.41, 5.74) is 1.90. The van der Waals surface area contributed by atoms with Crippen LogP contribution in [0, 0.1) is 6.92 Å². The summed E-state index contributed by atoms with van der Waals surface area (Å²) in [4.78, 5) is 4.74. The van der Waals surface area contributed by atoms with Gasteiger partial charge >= 0.3 is 6.01 Å². The third-order valence-corrected chi connectivity index (χ3v) is 8.08. The first-order valence-electron chi connectivity index (χ1n) is 11.6. The summed E-state index contributed by atoms with van der Waals surface area (Å²) in [6.45, 7) is 9.93. The molecule has 0 unspecified atom stereocenters. The van der Waals surface area contributed by atoms with Gasteiger partial charge in [0.05, 0.1) is 10.9 Å². The molecule has 2 heterocycles. The molecule has 188 valence electrons. The van der Waals surface area contributed by atoms with E-state index in [9.17, 15) is 8.42 Å². The highest BCUT2D eigenvalue weighted by Crippen LogP contribution is 2.28. The molecule has 1 atom stereocenters. The molecule has 2 aromatic carbocycles. The number of aromatic nitrogens is 3. The Labute approximate surface area is 211 Å². The minimum atomic E-state index is -3.81. The number of nitrogens with one attached hydrogen (secondary N) is 1. The van der Waals surface area contributed by atoms with Gasteiger partial charge in [0.25, 0.3) is 0 Å². The summed E-state index contributed by atoms with van der Waals surface area (Å²) in [5, 5.41) is 8.83. The SMILES string of the molecule is CCn1c(Oc2cccc(N3CCN(C)CC3)c2)nnc1[C@@H](C)NS(=O)(=O)c1ccc(C)c(Cl)c1. The average Bonchev–Trinajstić information content (AvgIpc) is 3.23. The molecule has 0 saturated carbocycles. The molecular formula is C24H31ClN6O3S. The fourth-order valence-corrected chi connectivity index (χ4v) is 5.47. The lowest BCUT2D eigenvalue weighted by Crippen LogP contribution is -2.44. The molecule has 0 radical (unpaired) electrons. The van der Waals surface area contributed by atoms with E-state index >= 15 is 0 Å². The standard InChI is InChI=1S/C24H31ClN6O3S/c1-5-31-23(18(3)28-35(32,33)21-10-9-17(2)22(25)16-21)26-27-24(31)34-20-8-6-7-19(15-20)30-13-11-29(4)12-14-30/h6-10,15-16,18,28H,5,11-14H2,1-4H3/t18-/m1/s1. The van der Waals surface area contributed by atoms with Crippen molar-refractivity contribution in [2.45, 2.75) is 38.3 Å². The van der Waals surface area contributed by atoms with E-state index in [1.165, 1.54) is 12.1 Å². The normalized spacial score (nSPS) is 15.9. The molecule has 3 aromatic rings. The van der Waals surface area contributed by atoms with Crippen LogP contribution < -0.4 is 14.4 Å². The maximum Gasteiger partial charge on any atom is 0.322 e. The van der Waals surface area contributed by atoms with Crippen molar-refractivity contribution < 1.29 is 13.2 Å². The lowest BCUT2D eigenvalue weighted by Gasteiger charge is -2.34. The molecule has 1 aliphatic rings. The summed E-state index contributed by atoms with van der Waals surface area (Å²) < 4.78 is 36.4. The number of nitrogens with zero attached hydrogens (tertiary/aromatic N) is 5. The number of sulfonamides is 1. The van der Waals surface area contributed by atoms with Crippen molar-refractivity contribution in [1.82, 2.24) is 24.4 Å². The first kappa shape index (κ1) is 25.4. The van der Waals surface area contributed by atoms with Gasteiger partial charge in [0.15, 0.2) is 5.82 Å². The summed E-state index contributed by atoms with van der Waals surface area (Å²) in [6, 6.07) is 12.2. The van der Waals surface area contributed by atoms with Gasteiger partial charge in [0.2, 0.25) is 10.0 Å². The Morgan fingerprint density at radius 1 is 1.11 bits per heavy atom. The molecule has 0 amide bonds. The van der Waals surface area contributed by atoms with Crippen molar-refractivity contribution in [3.8, 4) is 11.8 Å². The highest BCUT2D eigenvalue weighted by atomic mass is 35.5. The molecule has 11 heteroatoms. The second-order valence-electron chi connectivity index (χ2n) is 8.73. The second kappa shape index (κ2) is 10.5. The first-order valence-corrected chi connectivity index (χ1v) is 13.5. The van der Waals surface area contributed by atoms with Crippen LogP contribution in [-0.2, 0) is 16.6 Å². The lowest BCUT2D eigenvalue weighted by molar-refractivity contribution is 0.312. The van der Waals surface area contributed by atoms with Gasteiger partial charge in [-0.3, -0.25) is 4.57 Å². The van der Waals surface area contributed by atoms with E-state index in [0.29, 0.717) is 29.2 Å². The van der Waals surface area contributed by atoms with Crippen molar-refractivity contribution in [3.05, 3.63) is 58.9 Å². The largest absolute Gasteiger partial charge is 0.424 e. The predicted octanol–water partition coefficient (Wildman–Crippen LogP) is 3.84. The van der Waals surface area contributed by atoms with Gasteiger partial charge < -0.3 is 14.5 Å². The molecule has 1 fully saturated rings. The minimum Gasteiger partial charge on any atom is -0.424 e. The number of rotatable bonds is 8. The van der Waals surface area contributed by atoms with Crippen molar-refractivity contribution >= 4 is 27.3 Å². The van der Waals surface area contributed by atoms with Gasteiger partial charge in [-0.2, -0.15) is 0 Å². The third kappa shape index (κ3) is 5.78. The summed E-state index contributed by atoms with van der Waals surface area (Å²) in [5.74, 6) is 1.11. The van der Waals surface area contributed by atoms with Crippen molar-refractivity contribution in [2.75, 3.05) is 38.1 Å². The zero-order chi connectivity index (χ0) is 25.2. The fraction of sp³-hybridized carbons (Fsp3) is 0.417.